The molecule has 18 aromatic carbocycles. The fourth-order valence-corrected chi connectivity index (χ4v) is 19.6. The summed E-state index contributed by atoms with van der Waals surface area (Å²) in [4.78, 5) is 4.70. The number of para-hydroxylation sites is 2. The monoisotopic (exact) mass is 1470 g/mol. The van der Waals surface area contributed by atoms with Crippen molar-refractivity contribution in [1.82, 2.24) is 0 Å². The molecule has 0 aliphatic heterocycles. The van der Waals surface area contributed by atoms with E-state index in [1.807, 2.05) is 11.3 Å². The van der Waals surface area contributed by atoms with E-state index in [-0.39, 0.29) is 0 Å². The molecule has 0 amide bonds. The van der Waals surface area contributed by atoms with Crippen LogP contribution in [0.2, 0.25) is 0 Å². The van der Waals surface area contributed by atoms with Crippen LogP contribution in [0.3, 0.4) is 0 Å². The maximum absolute atomic E-state index is 6.73. The smallest absolute Gasteiger partial charge is 0.137 e. The fourth-order valence-electron chi connectivity index (χ4n) is 18.4. The molecule has 2 heterocycles. The highest BCUT2D eigenvalue weighted by Crippen LogP contribution is 2.59. The average molecular weight is 1470 g/mol. The van der Waals surface area contributed by atoms with Crippen LogP contribution in [0, 0.1) is 0 Å². The second kappa shape index (κ2) is 28.5. The molecule has 0 bridgehead atoms. The second-order valence-electron chi connectivity index (χ2n) is 29.7. The number of hydrogen-bond donors (Lipinski definition) is 0. The third-order valence-corrected chi connectivity index (χ3v) is 24.6. The van der Waals surface area contributed by atoms with Crippen molar-refractivity contribution in [3.05, 3.63) is 493 Å². The molecule has 0 N–H and O–H groups in total. The van der Waals surface area contributed by atoms with E-state index >= 15 is 0 Å². The Morgan fingerprint density at radius 2 is 0.500 bits per heavy atom. The highest BCUT2D eigenvalue weighted by Gasteiger charge is 2.48. The van der Waals surface area contributed by atoms with Crippen molar-refractivity contribution in [1.29, 1.82) is 0 Å². The van der Waals surface area contributed by atoms with Crippen molar-refractivity contribution in [3.63, 3.8) is 0 Å². The van der Waals surface area contributed by atoms with Crippen LogP contribution in [0.4, 0.5) is 34.1 Å². The molecular weight excluding hydrogens is 1400 g/mol. The van der Waals surface area contributed by atoms with E-state index in [9.17, 15) is 0 Å². The van der Waals surface area contributed by atoms with E-state index in [1.165, 1.54) is 126 Å². The molecule has 20 aromatic rings. The van der Waals surface area contributed by atoms with Gasteiger partial charge in [0.1, 0.15) is 11.2 Å². The summed E-state index contributed by atoms with van der Waals surface area (Å²) in [6, 6.07) is 163. The van der Waals surface area contributed by atoms with E-state index in [4.69, 9.17) is 4.42 Å². The lowest BCUT2D eigenvalue weighted by atomic mass is 9.67. The predicted molar refractivity (Wildman–Crippen MR) is 479 cm³/mol. The summed E-state index contributed by atoms with van der Waals surface area (Å²) >= 11 is 1.89. The summed E-state index contributed by atoms with van der Waals surface area (Å²) in [5, 5.41) is 4.78. The van der Waals surface area contributed by atoms with Crippen molar-refractivity contribution >= 4 is 87.6 Å². The zero-order valence-electron chi connectivity index (χ0n) is 62.4. The van der Waals surface area contributed by atoms with Gasteiger partial charge in [-0.1, -0.05) is 340 Å². The van der Waals surface area contributed by atoms with Gasteiger partial charge >= 0.3 is 0 Å². The van der Waals surface area contributed by atoms with Crippen LogP contribution in [-0.4, -0.2) is 0 Å². The van der Waals surface area contributed by atoms with Crippen molar-refractivity contribution in [2.75, 3.05) is 9.80 Å². The quantitative estimate of drug-likeness (QED) is 0.108. The second-order valence-corrected chi connectivity index (χ2v) is 30.8. The Hall–Kier alpha value is -14.4. The first-order valence-corrected chi connectivity index (χ1v) is 40.0. The molecule has 0 radical (unpaired) electrons. The van der Waals surface area contributed by atoms with Crippen LogP contribution in [0.15, 0.2) is 453 Å². The van der Waals surface area contributed by atoms with Gasteiger partial charge in [-0.15, -0.1) is 11.3 Å². The fraction of sp³-hybridized carbons (Fsp3) is 0.0182. The topological polar surface area (TPSA) is 19.6 Å². The molecule has 2 aliphatic rings. The Morgan fingerprint density at radius 1 is 0.184 bits per heavy atom. The maximum atomic E-state index is 6.73. The lowest BCUT2D eigenvalue weighted by Gasteiger charge is -2.33. The van der Waals surface area contributed by atoms with Crippen LogP contribution in [0.1, 0.15) is 44.5 Å². The number of hydrogen-bond acceptors (Lipinski definition) is 4. The van der Waals surface area contributed by atoms with E-state index in [2.05, 4.69) is 459 Å². The third kappa shape index (κ3) is 11.5. The number of benzene rings is 18. The minimum atomic E-state index is -0.470. The van der Waals surface area contributed by atoms with E-state index < -0.39 is 10.8 Å². The van der Waals surface area contributed by atoms with Crippen LogP contribution < -0.4 is 9.80 Å². The molecular formula is C110H74N2OS. The van der Waals surface area contributed by atoms with E-state index in [0.29, 0.717) is 0 Å². The Kier molecular flexibility index (Phi) is 16.9. The number of furan rings is 1. The number of fused-ring (bicyclic) bond motifs is 12. The average Bonchev–Trinajstić information content (AvgIpc) is 1.54. The molecule has 2 aliphatic carbocycles. The molecule has 0 spiro atoms. The van der Waals surface area contributed by atoms with Gasteiger partial charge in [0.25, 0.3) is 0 Å². The number of thiophene rings is 1. The summed E-state index contributed by atoms with van der Waals surface area (Å²) in [5.74, 6) is 0. The molecule has 0 fully saturated rings. The molecule has 536 valence electrons. The highest BCUT2D eigenvalue weighted by atomic mass is 32.1. The van der Waals surface area contributed by atoms with Crippen LogP contribution >= 0.6 is 11.3 Å². The Morgan fingerprint density at radius 3 is 0.956 bits per heavy atom. The van der Waals surface area contributed by atoms with Crippen molar-refractivity contribution in [2.45, 2.75) is 10.8 Å². The molecule has 114 heavy (non-hydrogen) atoms. The summed E-state index contributed by atoms with van der Waals surface area (Å²) < 4.78 is 9.30. The van der Waals surface area contributed by atoms with Gasteiger partial charge in [-0.05, 0) is 214 Å². The summed E-state index contributed by atoms with van der Waals surface area (Å²) in [5.41, 5.74) is 32.5. The minimum Gasteiger partial charge on any atom is -0.456 e. The van der Waals surface area contributed by atoms with Gasteiger partial charge in [-0.25, -0.2) is 0 Å². The van der Waals surface area contributed by atoms with Crippen LogP contribution in [0.25, 0.3) is 109 Å². The Labute approximate surface area is 668 Å². The Balaban J connectivity index is 0.000000143. The molecule has 3 nitrogen and oxygen atoms in total. The van der Waals surface area contributed by atoms with Crippen LogP contribution in [0.5, 0.6) is 0 Å². The number of nitrogens with zero attached hydrogens (tertiary/aromatic N) is 2. The first-order valence-electron chi connectivity index (χ1n) is 39.2. The molecule has 0 unspecified atom stereocenters. The zero-order chi connectivity index (χ0) is 75.5. The number of anilines is 6. The normalized spacial score (nSPS) is 12.7. The lowest BCUT2D eigenvalue weighted by molar-refractivity contribution is 0.668. The molecule has 0 saturated carbocycles. The van der Waals surface area contributed by atoms with Crippen molar-refractivity contribution in [3.8, 4) is 66.8 Å². The SMILES string of the molecule is c1ccc(-c2cccc(-c3cccc(N(c4ccccc4)c4ccc5c(c4)oc4ccc(C6(c7ccccc7)c7ccccc7-c7ccccc76)cc45)c3)c2)cc1.c1ccc(-c2cccc(-c3cccc(N(c4ccccc4)c4ccc5c(c4)sc4cc(C6(c7ccccc7)c7ccccc7-c7ccccc76)ccc45)c3)c2)cc1. The summed E-state index contributed by atoms with van der Waals surface area (Å²) in [6.07, 6.45) is 0. The van der Waals surface area contributed by atoms with Crippen LogP contribution in [-0.2, 0) is 10.8 Å². The molecule has 2 aromatic heterocycles. The largest absolute Gasteiger partial charge is 0.456 e. The van der Waals surface area contributed by atoms with Gasteiger partial charge in [-0.2, -0.15) is 0 Å². The summed E-state index contributed by atoms with van der Waals surface area (Å²) in [7, 11) is 0. The van der Waals surface area contributed by atoms with Crippen molar-refractivity contribution in [2.24, 2.45) is 0 Å². The van der Waals surface area contributed by atoms with Gasteiger partial charge in [0.2, 0.25) is 0 Å². The summed E-state index contributed by atoms with van der Waals surface area (Å²) in [6.45, 7) is 0. The molecule has 22 rings (SSSR count). The maximum Gasteiger partial charge on any atom is 0.137 e. The highest BCUT2D eigenvalue weighted by molar-refractivity contribution is 7.25. The van der Waals surface area contributed by atoms with Gasteiger partial charge < -0.3 is 14.2 Å². The zero-order valence-corrected chi connectivity index (χ0v) is 63.3. The van der Waals surface area contributed by atoms with Gasteiger partial charge in [0.05, 0.1) is 10.8 Å². The van der Waals surface area contributed by atoms with Gasteiger partial charge in [-0.3, -0.25) is 0 Å². The predicted octanol–water partition coefficient (Wildman–Crippen LogP) is 30.0. The lowest BCUT2D eigenvalue weighted by Crippen LogP contribution is -2.28. The standard InChI is InChI=1S/C55H37NO.C55H37NS/c1-4-16-38(17-5-1)39-18-14-19-40(34-39)41-20-15-25-45(35-41)56(44-23-8-3-9-24-44)46-31-32-49-50-36-43(30-33-53(50)57-54(49)37-46)55(42-21-6-2-7-22-42)51-28-12-10-26-47(51)48-27-11-13-29-52(48)55;1-4-16-38(17-5-1)39-18-14-19-40(34-39)41-20-15-25-45(35-41)56(44-23-8-3-9-24-44)46-31-33-50-49-32-30-43(36-53(49)57-54(50)37-46)55(42-21-6-2-7-22-42)51-28-12-10-26-47(51)48-27-11-13-29-52(48)55/h2*1-37H. The Bertz CT molecular complexity index is 6720. The number of rotatable bonds is 14. The first kappa shape index (κ1) is 67.7. The van der Waals surface area contributed by atoms with E-state index in [0.717, 1.165) is 61.6 Å². The van der Waals surface area contributed by atoms with E-state index in [1.54, 1.807) is 0 Å². The molecule has 4 heteroatoms. The van der Waals surface area contributed by atoms with Crippen molar-refractivity contribution < 1.29 is 4.42 Å². The first-order chi connectivity index (χ1) is 56.5. The molecule has 0 atom stereocenters. The van der Waals surface area contributed by atoms with Gasteiger partial charge in [0, 0.05) is 71.1 Å². The van der Waals surface area contributed by atoms with Gasteiger partial charge in [0.15, 0.2) is 0 Å². The molecule has 0 saturated heterocycles. The minimum absolute atomic E-state index is 0.417. The third-order valence-electron chi connectivity index (χ3n) is 23.5.